The van der Waals surface area contributed by atoms with Crippen LogP contribution in [0.1, 0.15) is 77.6 Å². The van der Waals surface area contributed by atoms with Crippen LogP contribution in [-0.4, -0.2) is 24.0 Å². The molecule has 3 rings (SSSR count). The van der Waals surface area contributed by atoms with Gasteiger partial charge in [-0.1, -0.05) is 43.1 Å². The molecule has 1 saturated heterocycles. The molecule has 2 fully saturated rings. The molecule has 3 aliphatic rings. The minimum absolute atomic E-state index is 0.828. The third kappa shape index (κ3) is 4.72. The predicted molar refractivity (Wildman–Crippen MR) is 96.0 cm³/mol. The van der Waals surface area contributed by atoms with Crippen LogP contribution in [0.15, 0.2) is 23.8 Å². The molecule has 0 aromatic carbocycles. The molecule has 0 spiro atoms. The molecule has 2 aliphatic carbocycles. The normalized spacial score (nSPS) is 33.7. The fraction of sp³-hybridized carbons (Fsp3) is 0.810. The Hall–Kier alpha value is -0.560. The van der Waals surface area contributed by atoms with Crippen LogP contribution in [0.4, 0.5) is 0 Å². The first kappa shape index (κ1) is 16.3. The summed E-state index contributed by atoms with van der Waals surface area (Å²) in [5.41, 5.74) is 1.56. The summed E-state index contributed by atoms with van der Waals surface area (Å²) in [4.78, 5) is 2.81. The van der Waals surface area contributed by atoms with Crippen molar-refractivity contribution in [2.75, 3.05) is 13.1 Å². The summed E-state index contributed by atoms with van der Waals surface area (Å²) in [5.74, 6) is 1.86. The summed E-state index contributed by atoms with van der Waals surface area (Å²) in [6.45, 7) is 5.05. The van der Waals surface area contributed by atoms with Crippen LogP contribution >= 0.6 is 0 Å². The first-order valence-corrected chi connectivity index (χ1v) is 9.89. The van der Waals surface area contributed by atoms with Crippen LogP contribution in [-0.2, 0) is 0 Å². The molecule has 1 heterocycles. The van der Waals surface area contributed by atoms with Gasteiger partial charge in [0.1, 0.15) is 0 Å². The Morgan fingerprint density at radius 3 is 2.50 bits per heavy atom. The summed E-state index contributed by atoms with van der Waals surface area (Å²) in [7, 11) is 0. The number of hydrogen-bond donors (Lipinski definition) is 0. The van der Waals surface area contributed by atoms with E-state index < -0.39 is 0 Å². The molecule has 0 radical (unpaired) electrons. The van der Waals surface area contributed by atoms with E-state index >= 15 is 0 Å². The van der Waals surface area contributed by atoms with Gasteiger partial charge in [0.25, 0.3) is 0 Å². The minimum Gasteiger partial charge on any atom is -0.300 e. The van der Waals surface area contributed by atoms with E-state index in [1.54, 1.807) is 5.57 Å². The van der Waals surface area contributed by atoms with E-state index in [1.165, 1.54) is 83.7 Å². The van der Waals surface area contributed by atoms with Gasteiger partial charge >= 0.3 is 0 Å². The Morgan fingerprint density at radius 2 is 1.77 bits per heavy atom. The molecule has 0 aromatic heterocycles. The quantitative estimate of drug-likeness (QED) is 0.627. The molecule has 22 heavy (non-hydrogen) atoms. The molecule has 1 atom stereocenters. The fourth-order valence-electron chi connectivity index (χ4n) is 4.88. The van der Waals surface area contributed by atoms with Crippen LogP contribution in [0.5, 0.6) is 0 Å². The number of likely N-dealkylation sites (tertiary alicyclic amines) is 1. The van der Waals surface area contributed by atoms with Gasteiger partial charge in [-0.3, -0.25) is 0 Å². The Balaban J connectivity index is 1.30. The second-order valence-corrected chi connectivity index (χ2v) is 8.06. The average Bonchev–Trinajstić information content (AvgIpc) is 2.56. The van der Waals surface area contributed by atoms with Gasteiger partial charge in [0.15, 0.2) is 0 Å². The topological polar surface area (TPSA) is 3.24 Å². The third-order valence-electron chi connectivity index (χ3n) is 6.26. The molecule has 1 unspecified atom stereocenters. The highest BCUT2D eigenvalue weighted by molar-refractivity contribution is 5.17. The van der Waals surface area contributed by atoms with E-state index in [1.807, 2.05) is 0 Å². The van der Waals surface area contributed by atoms with Gasteiger partial charge in [-0.15, -0.1) is 0 Å². The van der Waals surface area contributed by atoms with E-state index in [0.29, 0.717) is 0 Å². The minimum atomic E-state index is 0.828. The second kappa shape index (κ2) is 8.34. The van der Waals surface area contributed by atoms with Crippen molar-refractivity contribution in [2.24, 2.45) is 11.8 Å². The average molecular weight is 302 g/mol. The van der Waals surface area contributed by atoms with Crippen molar-refractivity contribution in [3.05, 3.63) is 23.8 Å². The van der Waals surface area contributed by atoms with Crippen molar-refractivity contribution in [2.45, 2.75) is 83.6 Å². The summed E-state index contributed by atoms with van der Waals surface area (Å²) < 4.78 is 0. The van der Waals surface area contributed by atoms with Gasteiger partial charge in [0.2, 0.25) is 0 Å². The molecule has 0 N–H and O–H groups in total. The summed E-state index contributed by atoms with van der Waals surface area (Å²) in [5, 5.41) is 0. The maximum atomic E-state index is 2.81. The van der Waals surface area contributed by atoms with E-state index in [0.717, 1.165) is 17.9 Å². The van der Waals surface area contributed by atoms with Crippen molar-refractivity contribution in [1.29, 1.82) is 0 Å². The Morgan fingerprint density at radius 1 is 1.00 bits per heavy atom. The monoisotopic (exact) mass is 301 g/mol. The number of nitrogens with zero attached hydrogens (tertiary/aromatic N) is 1. The zero-order chi connectivity index (χ0) is 15.2. The molecular formula is C21H35N. The highest BCUT2D eigenvalue weighted by atomic mass is 15.2. The first-order chi connectivity index (χ1) is 10.8. The molecule has 1 nitrogen and oxygen atoms in total. The molecule has 0 amide bonds. The number of hydrogen-bond acceptors (Lipinski definition) is 1. The van der Waals surface area contributed by atoms with E-state index in [-0.39, 0.29) is 0 Å². The molecule has 124 valence electrons. The Bertz CT molecular complexity index is 381. The maximum absolute atomic E-state index is 2.81. The summed E-state index contributed by atoms with van der Waals surface area (Å²) in [6.07, 6.45) is 23.0. The number of rotatable bonds is 5. The van der Waals surface area contributed by atoms with E-state index in [2.05, 4.69) is 30.1 Å². The Kier molecular flexibility index (Phi) is 6.18. The third-order valence-corrected chi connectivity index (χ3v) is 6.26. The highest BCUT2D eigenvalue weighted by Gasteiger charge is 2.26. The lowest BCUT2D eigenvalue weighted by molar-refractivity contribution is 0.112. The van der Waals surface area contributed by atoms with Crippen molar-refractivity contribution in [3.63, 3.8) is 0 Å². The van der Waals surface area contributed by atoms with Crippen molar-refractivity contribution >= 4 is 0 Å². The van der Waals surface area contributed by atoms with Gasteiger partial charge in [-0.2, -0.15) is 0 Å². The van der Waals surface area contributed by atoms with Gasteiger partial charge in [0.05, 0.1) is 0 Å². The van der Waals surface area contributed by atoms with Crippen molar-refractivity contribution in [3.8, 4) is 0 Å². The maximum Gasteiger partial charge on any atom is 0.00954 e. The van der Waals surface area contributed by atoms with Crippen LogP contribution in [0.2, 0.25) is 0 Å². The standard InChI is InChI=1S/C21H35N/c1-18-7-5-9-20(17-18)10-6-8-19-11-13-21(14-12-19)22-15-3-2-4-16-22/h5,7,9,19-21H,2-4,6,8,10-17H2,1H3. The summed E-state index contributed by atoms with van der Waals surface area (Å²) in [6, 6.07) is 0.936. The molecule has 0 bridgehead atoms. The van der Waals surface area contributed by atoms with Crippen LogP contribution in [0.25, 0.3) is 0 Å². The lowest BCUT2D eigenvalue weighted by atomic mass is 9.81. The predicted octanol–water partition coefficient (Wildman–Crippen LogP) is 5.72. The highest BCUT2D eigenvalue weighted by Crippen LogP contribution is 2.33. The molecule has 1 heteroatoms. The smallest absolute Gasteiger partial charge is 0.00954 e. The van der Waals surface area contributed by atoms with Crippen LogP contribution in [0.3, 0.4) is 0 Å². The van der Waals surface area contributed by atoms with Crippen molar-refractivity contribution in [1.82, 2.24) is 4.90 Å². The van der Waals surface area contributed by atoms with E-state index in [9.17, 15) is 0 Å². The van der Waals surface area contributed by atoms with Gasteiger partial charge < -0.3 is 4.90 Å². The SMILES string of the molecule is CC1=CC=CC(CCCC2CCC(N3CCCCC3)CC2)C1. The molecule has 0 aromatic rings. The zero-order valence-electron chi connectivity index (χ0n) is 14.6. The number of piperidine rings is 1. The van der Waals surface area contributed by atoms with Crippen LogP contribution < -0.4 is 0 Å². The zero-order valence-corrected chi connectivity index (χ0v) is 14.6. The molecule has 1 aliphatic heterocycles. The van der Waals surface area contributed by atoms with Gasteiger partial charge in [-0.05, 0) is 83.2 Å². The Labute approximate surface area is 137 Å². The lowest BCUT2D eigenvalue weighted by Gasteiger charge is -2.39. The second-order valence-electron chi connectivity index (χ2n) is 8.06. The number of allylic oxidation sites excluding steroid dienone is 4. The summed E-state index contributed by atoms with van der Waals surface area (Å²) >= 11 is 0. The van der Waals surface area contributed by atoms with Crippen molar-refractivity contribution < 1.29 is 0 Å². The molecular weight excluding hydrogens is 266 g/mol. The van der Waals surface area contributed by atoms with Crippen LogP contribution in [0, 0.1) is 11.8 Å². The fourth-order valence-corrected chi connectivity index (χ4v) is 4.88. The lowest BCUT2D eigenvalue weighted by Crippen LogP contribution is -2.41. The molecule has 1 saturated carbocycles. The van der Waals surface area contributed by atoms with Gasteiger partial charge in [0, 0.05) is 6.04 Å². The first-order valence-electron chi connectivity index (χ1n) is 9.89. The van der Waals surface area contributed by atoms with E-state index in [4.69, 9.17) is 0 Å². The van der Waals surface area contributed by atoms with Gasteiger partial charge in [-0.25, -0.2) is 0 Å². The largest absolute Gasteiger partial charge is 0.300 e.